The van der Waals surface area contributed by atoms with Gasteiger partial charge in [-0.3, -0.25) is 9.69 Å². The monoisotopic (exact) mass is 400 g/mol. The van der Waals surface area contributed by atoms with E-state index in [1.165, 1.54) is 21.9 Å². The van der Waals surface area contributed by atoms with Gasteiger partial charge in [-0.05, 0) is 40.8 Å². The lowest BCUT2D eigenvalue weighted by molar-refractivity contribution is -0.138. The zero-order valence-corrected chi connectivity index (χ0v) is 17.5. The molecule has 1 fully saturated rings. The number of likely N-dealkylation sites (tertiary alicyclic amines) is 1. The highest BCUT2D eigenvalue weighted by Crippen LogP contribution is 2.30. The summed E-state index contributed by atoms with van der Waals surface area (Å²) in [5.74, 6) is 1.12. The Bertz CT molecular complexity index is 1070. The van der Waals surface area contributed by atoms with E-state index in [-0.39, 0.29) is 5.91 Å². The van der Waals surface area contributed by atoms with Crippen molar-refractivity contribution in [2.24, 2.45) is 0 Å². The van der Waals surface area contributed by atoms with Crippen LogP contribution in [0, 0.1) is 0 Å². The molecule has 0 aliphatic carbocycles. The Balaban J connectivity index is 1.19. The predicted molar refractivity (Wildman–Crippen MR) is 120 cm³/mol. The molecule has 0 atom stereocenters. The topological polar surface area (TPSA) is 32.8 Å². The van der Waals surface area contributed by atoms with Crippen molar-refractivity contribution < 1.29 is 9.53 Å². The van der Waals surface area contributed by atoms with Crippen LogP contribution in [0.15, 0.2) is 60.7 Å². The van der Waals surface area contributed by atoms with Crippen molar-refractivity contribution >= 4 is 16.7 Å². The molecular weight excluding hydrogens is 372 g/mol. The highest BCUT2D eigenvalue weighted by atomic mass is 16.5. The van der Waals surface area contributed by atoms with Gasteiger partial charge in [0.05, 0.1) is 7.11 Å². The molecule has 0 bridgehead atoms. The van der Waals surface area contributed by atoms with E-state index >= 15 is 0 Å². The van der Waals surface area contributed by atoms with E-state index in [1.807, 2.05) is 23.1 Å². The fourth-order valence-corrected chi connectivity index (χ4v) is 4.87. The Labute approximate surface area is 178 Å². The van der Waals surface area contributed by atoms with Gasteiger partial charge in [0.1, 0.15) is 5.75 Å². The third kappa shape index (κ3) is 3.56. The van der Waals surface area contributed by atoms with E-state index in [1.54, 1.807) is 7.11 Å². The van der Waals surface area contributed by atoms with Crippen LogP contribution in [-0.4, -0.2) is 48.5 Å². The number of amides is 1. The first kappa shape index (κ1) is 19.1. The summed E-state index contributed by atoms with van der Waals surface area (Å²) >= 11 is 0. The SMILES string of the molecule is COc1ccc2ccccc2c1CCC(=O)N1CC(N2CCc3ccccc3C2)C1. The second-order valence-electron chi connectivity index (χ2n) is 8.41. The van der Waals surface area contributed by atoms with E-state index < -0.39 is 0 Å². The number of rotatable bonds is 5. The van der Waals surface area contributed by atoms with E-state index in [2.05, 4.69) is 47.4 Å². The maximum atomic E-state index is 12.8. The van der Waals surface area contributed by atoms with E-state index in [0.29, 0.717) is 18.9 Å². The summed E-state index contributed by atoms with van der Waals surface area (Å²) in [5.41, 5.74) is 4.05. The smallest absolute Gasteiger partial charge is 0.223 e. The molecule has 5 rings (SSSR count). The van der Waals surface area contributed by atoms with Crippen molar-refractivity contribution in [2.75, 3.05) is 26.7 Å². The molecule has 0 spiro atoms. The number of methoxy groups -OCH3 is 1. The molecule has 1 amide bonds. The van der Waals surface area contributed by atoms with Gasteiger partial charge in [-0.2, -0.15) is 0 Å². The summed E-state index contributed by atoms with van der Waals surface area (Å²) < 4.78 is 5.58. The van der Waals surface area contributed by atoms with Crippen LogP contribution in [0.3, 0.4) is 0 Å². The quantitative estimate of drug-likeness (QED) is 0.648. The second-order valence-corrected chi connectivity index (χ2v) is 8.41. The van der Waals surface area contributed by atoms with Crippen LogP contribution in [0.25, 0.3) is 10.8 Å². The third-order valence-corrected chi connectivity index (χ3v) is 6.70. The van der Waals surface area contributed by atoms with Gasteiger partial charge >= 0.3 is 0 Å². The Morgan fingerprint density at radius 1 is 1.00 bits per heavy atom. The first-order chi connectivity index (χ1) is 14.7. The molecule has 4 nitrogen and oxygen atoms in total. The maximum absolute atomic E-state index is 12.8. The van der Waals surface area contributed by atoms with Gasteiger partial charge in [0, 0.05) is 44.2 Å². The number of ether oxygens (including phenoxy) is 1. The van der Waals surface area contributed by atoms with Gasteiger partial charge in [-0.15, -0.1) is 0 Å². The van der Waals surface area contributed by atoms with Crippen molar-refractivity contribution in [3.8, 4) is 5.75 Å². The molecule has 0 aromatic heterocycles. The van der Waals surface area contributed by atoms with Gasteiger partial charge in [0.15, 0.2) is 0 Å². The van der Waals surface area contributed by atoms with Crippen molar-refractivity contribution in [2.45, 2.75) is 31.8 Å². The largest absolute Gasteiger partial charge is 0.496 e. The molecule has 3 aromatic carbocycles. The van der Waals surface area contributed by atoms with Crippen molar-refractivity contribution in [3.63, 3.8) is 0 Å². The van der Waals surface area contributed by atoms with E-state index in [0.717, 1.165) is 43.9 Å². The number of benzene rings is 3. The van der Waals surface area contributed by atoms with E-state index in [9.17, 15) is 4.79 Å². The summed E-state index contributed by atoms with van der Waals surface area (Å²) in [6.45, 7) is 3.81. The molecule has 154 valence electrons. The lowest BCUT2D eigenvalue weighted by Gasteiger charge is -2.47. The second kappa shape index (κ2) is 8.11. The minimum absolute atomic E-state index is 0.249. The molecule has 2 heterocycles. The Hall–Kier alpha value is -2.85. The summed E-state index contributed by atoms with van der Waals surface area (Å²) in [7, 11) is 1.70. The lowest BCUT2D eigenvalue weighted by atomic mass is 9.96. The maximum Gasteiger partial charge on any atom is 0.223 e. The average Bonchev–Trinajstić information content (AvgIpc) is 2.76. The van der Waals surface area contributed by atoms with E-state index in [4.69, 9.17) is 4.74 Å². The van der Waals surface area contributed by atoms with Gasteiger partial charge in [0.2, 0.25) is 5.91 Å². The van der Waals surface area contributed by atoms with Gasteiger partial charge in [-0.1, -0.05) is 54.6 Å². The van der Waals surface area contributed by atoms with Crippen LogP contribution >= 0.6 is 0 Å². The van der Waals surface area contributed by atoms with Gasteiger partial charge in [0.25, 0.3) is 0 Å². The van der Waals surface area contributed by atoms with Gasteiger partial charge < -0.3 is 9.64 Å². The fourth-order valence-electron chi connectivity index (χ4n) is 4.87. The number of aryl methyl sites for hydroxylation is 1. The van der Waals surface area contributed by atoms with Crippen LogP contribution in [-0.2, 0) is 24.2 Å². The van der Waals surface area contributed by atoms with Crippen molar-refractivity contribution in [1.29, 1.82) is 0 Å². The Kier molecular flexibility index (Phi) is 5.17. The first-order valence-corrected chi connectivity index (χ1v) is 10.9. The summed E-state index contributed by atoms with van der Waals surface area (Å²) in [4.78, 5) is 17.4. The minimum atomic E-state index is 0.249. The van der Waals surface area contributed by atoms with Crippen LogP contribution in [0.2, 0.25) is 0 Å². The molecular formula is C26H28N2O2. The molecule has 3 aromatic rings. The molecule has 30 heavy (non-hydrogen) atoms. The summed E-state index contributed by atoms with van der Waals surface area (Å²) in [6.07, 6.45) is 2.35. The highest BCUT2D eigenvalue weighted by molar-refractivity contribution is 5.88. The van der Waals surface area contributed by atoms with Crippen LogP contribution in [0.4, 0.5) is 0 Å². The normalized spacial score (nSPS) is 16.9. The molecule has 0 saturated carbocycles. The number of hydrogen-bond donors (Lipinski definition) is 0. The molecule has 0 radical (unpaired) electrons. The standard InChI is InChI=1S/C26H28N2O2/c1-30-25-12-10-20-7-4-5-9-23(20)24(25)11-13-26(29)28-17-22(18-28)27-15-14-19-6-2-3-8-21(19)16-27/h2-10,12,22H,11,13-18H2,1H3. The number of carbonyl (C=O) groups is 1. The summed E-state index contributed by atoms with van der Waals surface area (Å²) in [5, 5.41) is 2.37. The van der Waals surface area contributed by atoms with Crippen LogP contribution in [0.5, 0.6) is 5.75 Å². The first-order valence-electron chi connectivity index (χ1n) is 10.9. The molecule has 4 heteroatoms. The fraction of sp³-hybridized carbons (Fsp3) is 0.346. The Morgan fingerprint density at radius 2 is 1.77 bits per heavy atom. The third-order valence-electron chi connectivity index (χ3n) is 6.70. The van der Waals surface area contributed by atoms with Crippen LogP contribution in [0.1, 0.15) is 23.1 Å². The molecule has 0 unspecified atom stereocenters. The minimum Gasteiger partial charge on any atom is -0.496 e. The highest BCUT2D eigenvalue weighted by Gasteiger charge is 2.35. The molecule has 0 N–H and O–H groups in total. The zero-order valence-electron chi connectivity index (χ0n) is 17.5. The molecule has 2 aliphatic rings. The number of carbonyl (C=O) groups excluding carboxylic acids is 1. The number of fused-ring (bicyclic) bond motifs is 2. The van der Waals surface area contributed by atoms with Crippen molar-refractivity contribution in [1.82, 2.24) is 9.80 Å². The predicted octanol–water partition coefficient (Wildman–Crippen LogP) is 4.05. The average molecular weight is 401 g/mol. The zero-order chi connectivity index (χ0) is 20.5. The molecule has 2 aliphatic heterocycles. The number of hydrogen-bond acceptors (Lipinski definition) is 3. The number of nitrogens with zero attached hydrogens (tertiary/aromatic N) is 2. The molecule has 1 saturated heterocycles. The van der Waals surface area contributed by atoms with Gasteiger partial charge in [-0.25, -0.2) is 0 Å². The Morgan fingerprint density at radius 3 is 2.60 bits per heavy atom. The van der Waals surface area contributed by atoms with Crippen LogP contribution < -0.4 is 4.74 Å². The lowest BCUT2D eigenvalue weighted by Crippen LogP contribution is -2.61. The van der Waals surface area contributed by atoms with Crippen molar-refractivity contribution in [3.05, 3.63) is 77.4 Å². The summed E-state index contributed by atoms with van der Waals surface area (Å²) in [6, 6.07) is 21.6.